The van der Waals surface area contributed by atoms with E-state index in [-0.39, 0.29) is 35.6 Å². The Hall–Kier alpha value is -1.30. The number of fused-ring (bicyclic) bond motifs is 1. The minimum atomic E-state index is -0.370. The van der Waals surface area contributed by atoms with Gasteiger partial charge in [-0.25, -0.2) is 4.79 Å². The maximum absolute atomic E-state index is 12.5. The van der Waals surface area contributed by atoms with Gasteiger partial charge in [0, 0.05) is 31.0 Å². The van der Waals surface area contributed by atoms with Crippen molar-refractivity contribution < 1.29 is 23.8 Å². The predicted octanol–water partition coefficient (Wildman–Crippen LogP) is 1.82. The van der Waals surface area contributed by atoms with Crippen LogP contribution in [-0.2, 0) is 19.0 Å². The van der Waals surface area contributed by atoms with E-state index in [1.165, 1.54) is 7.11 Å². The molecule has 0 bridgehead atoms. The van der Waals surface area contributed by atoms with Gasteiger partial charge >= 0.3 is 12.1 Å². The minimum absolute atomic E-state index is 0.0685. The summed E-state index contributed by atoms with van der Waals surface area (Å²) in [4.78, 5) is 25.7. The number of rotatable bonds is 2. The van der Waals surface area contributed by atoms with Crippen LogP contribution in [0.25, 0.3) is 0 Å². The fourth-order valence-electron chi connectivity index (χ4n) is 4.20. The summed E-state index contributed by atoms with van der Waals surface area (Å²) in [7, 11) is 1.36. The number of nitrogens with zero attached hydrogens (tertiary/aromatic N) is 1. The van der Waals surface area contributed by atoms with Gasteiger partial charge in [0.25, 0.3) is 0 Å². The average Bonchev–Trinajstić information content (AvgIpc) is 2.98. The number of carbonyl (C=O) groups is 2. The first-order valence-electron chi connectivity index (χ1n) is 8.10. The van der Waals surface area contributed by atoms with Gasteiger partial charge in [-0.1, -0.05) is 13.8 Å². The first-order valence-corrected chi connectivity index (χ1v) is 8.10. The van der Waals surface area contributed by atoms with Crippen LogP contribution < -0.4 is 0 Å². The summed E-state index contributed by atoms with van der Waals surface area (Å²) in [6.45, 7) is 5.98. The van der Waals surface area contributed by atoms with Gasteiger partial charge in [0.15, 0.2) is 0 Å². The van der Waals surface area contributed by atoms with Crippen LogP contribution in [0.3, 0.4) is 0 Å². The summed E-state index contributed by atoms with van der Waals surface area (Å²) in [5.74, 6) is -0.0960. The van der Waals surface area contributed by atoms with Crippen molar-refractivity contribution in [2.75, 3.05) is 26.8 Å². The molecule has 0 unspecified atom stereocenters. The number of methoxy groups -OCH3 is 1. The first kappa shape index (κ1) is 15.6. The highest BCUT2D eigenvalue weighted by atomic mass is 16.6. The Bertz CT molecular complexity index is 463. The first-order chi connectivity index (χ1) is 10.4. The molecule has 3 rings (SSSR count). The van der Waals surface area contributed by atoms with Crippen molar-refractivity contribution in [3.8, 4) is 0 Å². The molecule has 0 radical (unpaired) electrons. The maximum atomic E-state index is 12.5. The topological polar surface area (TPSA) is 65.1 Å². The summed E-state index contributed by atoms with van der Waals surface area (Å²) in [6, 6.07) is 0. The molecule has 0 aromatic carbocycles. The highest BCUT2D eigenvalue weighted by molar-refractivity contribution is 5.75. The van der Waals surface area contributed by atoms with Crippen LogP contribution in [0.1, 0.15) is 33.1 Å². The van der Waals surface area contributed by atoms with E-state index in [0.717, 1.165) is 25.9 Å². The quantitative estimate of drug-likeness (QED) is 0.728. The number of likely N-dealkylation sites (tertiary alicyclic amines) is 1. The highest BCUT2D eigenvalue weighted by Crippen LogP contribution is 2.53. The Morgan fingerprint density at radius 3 is 2.77 bits per heavy atom. The molecule has 2 aliphatic heterocycles. The van der Waals surface area contributed by atoms with Crippen LogP contribution in [0.15, 0.2) is 0 Å². The zero-order chi connectivity index (χ0) is 15.9. The molecule has 22 heavy (non-hydrogen) atoms. The van der Waals surface area contributed by atoms with Crippen molar-refractivity contribution in [2.45, 2.75) is 45.3 Å². The third-order valence-corrected chi connectivity index (χ3v) is 5.42. The van der Waals surface area contributed by atoms with Crippen LogP contribution in [0, 0.1) is 17.3 Å². The lowest BCUT2D eigenvalue weighted by molar-refractivity contribution is -0.214. The third-order valence-electron chi connectivity index (χ3n) is 5.42. The zero-order valence-electron chi connectivity index (χ0n) is 13.5. The van der Waals surface area contributed by atoms with Gasteiger partial charge in [-0.2, -0.15) is 0 Å². The van der Waals surface area contributed by atoms with E-state index >= 15 is 0 Å². The molecule has 2 saturated heterocycles. The zero-order valence-corrected chi connectivity index (χ0v) is 13.5. The molecule has 6 nitrogen and oxygen atoms in total. The number of amides is 1. The van der Waals surface area contributed by atoms with E-state index in [4.69, 9.17) is 14.2 Å². The van der Waals surface area contributed by atoms with E-state index in [1.807, 2.05) is 0 Å². The number of hydrogen-bond acceptors (Lipinski definition) is 5. The average molecular weight is 311 g/mol. The second-order valence-corrected chi connectivity index (χ2v) is 7.18. The molecule has 0 aromatic rings. The van der Waals surface area contributed by atoms with Gasteiger partial charge in [-0.3, -0.25) is 4.79 Å². The number of piperidine rings is 1. The van der Waals surface area contributed by atoms with Crippen LogP contribution >= 0.6 is 0 Å². The normalized spacial score (nSPS) is 36.2. The molecule has 0 spiro atoms. The number of carbonyl (C=O) groups excluding carboxylic acids is 2. The van der Waals surface area contributed by atoms with Gasteiger partial charge in [-0.15, -0.1) is 0 Å². The second kappa shape index (κ2) is 5.72. The summed E-state index contributed by atoms with van der Waals surface area (Å²) in [5, 5.41) is 0. The summed E-state index contributed by atoms with van der Waals surface area (Å²) in [5.41, 5.74) is -0.118. The molecule has 1 amide bonds. The van der Waals surface area contributed by atoms with Crippen molar-refractivity contribution in [1.29, 1.82) is 0 Å². The lowest BCUT2D eigenvalue weighted by Crippen LogP contribution is -2.62. The minimum Gasteiger partial charge on any atom is -0.461 e. The molecule has 124 valence electrons. The van der Waals surface area contributed by atoms with Crippen molar-refractivity contribution in [2.24, 2.45) is 17.3 Å². The van der Waals surface area contributed by atoms with E-state index < -0.39 is 0 Å². The molecule has 1 aliphatic carbocycles. The Morgan fingerprint density at radius 2 is 2.05 bits per heavy atom. The maximum Gasteiger partial charge on any atom is 0.409 e. The van der Waals surface area contributed by atoms with Gasteiger partial charge in [0.1, 0.15) is 6.10 Å². The van der Waals surface area contributed by atoms with E-state index in [9.17, 15) is 9.59 Å². The van der Waals surface area contributed by atoms with Crippen molar-refractivity contribution in [1.82, 2.24) is 4.90 Å². The van der Waals surface area contributed by atoms with Gasteiger partial charge in [0.2, 0.25) is 0 Å². The summed E-state index contributed by atoms with van der Waals surface area (Å²) >= 11 is 0. The Balaban J connectivity index is 1.59. The Kier molecular flexibility index (Phi) is 4.05. The molecule has 2 heterocycles. The fourth-order valence-corrected chi connectivity index (χ4v) is 4.20. The second-order valence-electron chi connectivity index (χ2n) is 7.18. The molecule has 0 N–H and O–H groups in total. The molecule has 3 aliphatic rings. The summed E-state index contributed by atoms with van der Waals surface area (Å²) in [6.07, 6.45) is 2.31. The largest absolute Gasteiger partial charge is 0.461 e. The summed E-state index contributed by atoms with van der Waals surface area (Å²) < 4.78 is 16.3. The van der Waals surface area contributed by atoms with E-state index in [1.54, 1.807) is 4.90 Å². The molecule has 3 fully saturated rings. The molecule has 4 atom stereocenters. The van der Waals surface area contributed by atoms with E-state index in [0.29, 0.717) is 19.0 Å². The fraction of sp³-hybridized carbons (Fsp3) is 0.875. The van der Waals surface area contributed by atoms with Crippen LogP contribution in [0.5, 0.6) is 0 Å². The highest BCUT2D eigenvalue weighted by Gasteiger charge is 2.61. The van der Waals surface area contributed by atoms with Gasteiger partial charge < -0.3 is 19.1 Å². The van der Waals surface area contributed by atoms with Crippen molar-refractivity contribution >= 4 is 12.1 Å². The smallest absolute Gasteiger partial charge is 0.409 e. The van der Waals surface area contributed by atoms with Crippen LogP contribution in [0.2, 0.25) is 0 Å². The van der Waals surface area contributed by atoms with Gasteiger partial charge in [-0.05, 0) is 19.3 Å². The lowest BCUT2D eigenvalue weighted by Gasteiger charge is -2.53. The monoisotopic (exact) mass is 311 g/mol. The molecule has 6 heteroatoms. The Morgan fingerprint density at radius 1 is 1.27 bits per heavy atom. The Labute approximate surface area is 131 Å². The van der Waals surface area contributed by atoms with Crippen molar-refractivity contribution in [3.63, 3.8) is 0 Å². The van der Waals surface area contributed by atoms with Crippen molar-refractivity contribution in [3.05, 3.63) is 0 Å². The van der Waals surface area contributed by atoms with Gasteiger partial charge in [0.05, 0.1) is 19.1 Å². The SMILES string of the molecule is COC(=O)N1CCC[C@H](C(=O)O[C@@H]2[C@H]3CCO[C@H]3C2(C)C)C1. The van der Waals surface area contributed by atoms with Crippen LogP contribution in [-0.4, -0.2) is 56.0 Å². The molecular weight excluding hydrogens is 286 g/mol. The molecule has 1 saturated carbocycles. The number of hydrogen-bond donors (Lipinski definition) is 0. The number of ether oxygens (including phenoxy) is 3. The predicted molar refractivity (Wildman–Crippen MR) is 78.2 cm³/mol. The standard InChI is InChI=1S/C16H25NO5/c1-16(2)12-11(6-8-21-12)13(16)22-14(18)10-5-4-7-17(9-10)15(19)20-3/h10-13H,4-9H2,1-3H3/t10-,11-,12+,13+/m0/s1. The number of esters is 1. The molecular formula is C16H25NO5. The van der Waals surface area contributed by atoms with Crippen LogP contribution in [0.4, 0.5) is 4.79 Å². The van der Waals surface area contributed by atoms with E-state index in [2.05, 4.69) is 13.8 Å². The third kappa shape index (κ3) is 2.47. The molecule has 0 aromatic heterocycles. The lowest BCUT2D eigenvalue weighted by atomic mass is 9.59.